The van der Waals surface area contributed by atoms with Crippen LogP contribution in [-0.2, 0) is 0 Å². The van der Waals surface area contributed by atoms with Gasteiger partial charge >= 0.3 is 0 Å². The van der Waals surface area contributed by atoms with Gasteiger partial charge in [-0.3, -0.25) is 4.79 Å². The molecule has 2 rings (SSSR count). The highest BCUT2D eigenvalue weighted by molar-refractivity contribution is 14.1. The molecule has 1 aromatic carbocycles. The molecular weight excluding hydrogens is 351 g/mol. The van der Waals surface area contributed by atoms with Gasteiger partial charge in [-0.2, -0.15) is 0 Å². The van der Waals surface area contributed by atoms with Crippen molar-refractivity contribution < 1.29 is 4.79 Å². The van der Waals surface area contributed by atoms with Crippen LogP contribution in [0.5, 0.6) is 0 Å². The van der Waals surface area contributed by atoms with Gasteiger partial charge < -0.3 is 9.80 Å². The molecule has 0 bridgehead atoms. The Balaban J connectivity index is 2.21. The van der Waals surface area contributed by atoms with E-state index in [0.717, 1.165) is 35.1 Å². The van der Waals surface area contributed by atoms with E-state index in [4.69, 9.17) is 0 Å². The number of hydrogen-bond acceptors (Lipinski definition) is 2. The molecule has 1 aromatic rings. The minimum absolute atomic E-state index is 0.192. The lowest BCUT2D eigenvalue weighted by Gasteiger charge is -2.27. The van der Waals surface area contributed by atoms with Crippen molar-refractivity contribution in [1.29, 1.82) is 0 Å². The zero-order chi connectivity index (χ0) is 14.0. The van der Waals surface area contributed by atoms with Gasteiger partial charge in [0.15, 0.2) is 0 Å². The molecule has 1 aliphatic rings. The van der Waals surface area contributed by atoms with E-state index in [0.29, 0.717) is 6.04 Å². The molecule has 1 unspecified atom stereocenters. The molecule has 1 fully saturated rings. The predicted molar refractivity (Wildman–Crippen MR) is 86.5 cm³/mol. The van der Waals surface area contributed by atoms with Crippen LogP contribution in [0.25, 0.3) is 0 Å². The lowest BCUT2D eigenvalue weighted by Crippen LogP contribution is -2.41. The fourth-order valence-corrected chi connectivity index (χ4v) is 3.27. The molecule has 0 N–H and O–H groups in total. The number of likely N-dealkylation sites (tertiary alicyclic amines) is 1. The first-order chi connectivity index (χ1) is 9.00. The van der Waals surface area contributed by atoms with E-state index in [2.05, 4.69) is 59.5 Å². The second kappa shape index (κ2) is 6.22. The Morgan fingerprint density at radius 2 is 2.21 bits per heavy atom. The highest BCUT2D eigenvalue weighted by Crippen LogP contribution is 2.24. The normalized spacial score (nSPS) is 19.2. The van der Waals surface area contributed by atoms with Crippen LogP contribution in [0.3, 0.4) is 0 Å². The number of benzene rings is 1. The van der Waals surface area contributed by atoms with E-state index in [-0.39, 0.29) is 5.91 Å². The molecule has 0 saturated carbocycles. The lowest BCUT2D eigenvalue weighted by molar-refractivity contribution is 0.0715. The Morgan fingerprint density at radius 1 is 1.47 bits per heavy atom. The third-order valence-electron chi connectivity index (χ3n) is 3.64. The summed E-state index contributed by atoms with van der Waals surface area (Å²) in [4.78, 5) is 16.9. The second-order valence-corrected chi connectivity index (χ2v) is 6.57. The Kier molecular flexibility index (Phi) is 4.84. The first-order valence-electron chi connectivity index (χ1n) is 6.71. The summed E-state index contributed by atoms with van der Waals surface area (Å²) >= 11 is 2.28. The maximum atomic E-state index is 12.7. The van der Waals surface area contributed by atoms with Gasteiger partial charge in [-0.1, -0.05) is 12.1 Å². The van der Waals surface area contributed by atoms with Gasteiger partial charge in [0, 0.05) is 22.7 Å². The summed E-state index contributed by atoms with van der Waals surface area (Å²) in [6.07, 6.45) is 2.24. The number of likely N-dealkylation sites (N-methyl/N-ethyl adjacent to an activating group) is 1. The summed E-state index contributed by atoms with van der Waals surface area (Å²) in [6.45, 7) is 3.90. The van der Waals surface area contributed by atoms with Crippen molar-refractivity contribution >= 4 is 28.5 Å². The number of rotatable bonds is 3. The number of carbonyl (C=O) groups is 1. The fraction of sp³-hybridized carbons (Fsp3) is 0.533. The average Bonchev–Trinajstić information content (AvgIpc) is 2.79. The fourth-order valence-electron chi connectivity index (χ4n) is 2.68. The van der Waals surface area contributed by atoms with E-state index in [1.807, 2.05) is 12.1 Å². The van der Waals surface area contributed by atoms with E-state index in [1.165, 1.54) is 5.56 Å². The van der Waals surface area contributed by atoms with E-state index in [1.54, 1.807) is 0 Å². The Hall–Kier alpha value is -0.620. The minimum atomic E-state index is 0.192. The van der Waals surface area contributed by atoms with Gasteiger partial charge in [0.1, 0.15) is 0 Å². The molecule has 0 aromatic heterocycles. The SMILES string of the molecule is Cc1cccc(C(=O)N2CCCC2CN(C)C)c1I. The Bertz CT molecular complexity index is 473. The number of halogens is 1. The van der Waals surface area contributed by atoms with Gasteiger partial charge in [-0.25, -0.2) is 0 Å². The van der Waals surface area contributed by atoms with Crippen molar-refractivity contribution in [2.75, 3.05) is 27.2 Å². The average molecular weight is 372 g/mol. The monoisotopic (exact) mass is 372 g/mol. The highest BCUT2D eigenvalue weighted by Gasteiger charge is 2.30. The van der Waals surface area contributed by atoms with Crippen LogP contribution >= 0.6 is 22.6 Å². The molecule has 3 nitrogen and oxygen atoms in total. The summed E-state index contributed by atoms with van der Waals surface area (Å²) in [7, 11) is 4.13. The van der Waals surface area contributed by atoms with E-state index < -0.39 is 0 Å². The van der Waals surface area contributed by atoms with Crippen LogP contribution in [0.1, 0.15) is 28.8 Å². The Morgan fingerprint density at radius 3 is 2.89 bits per heavy atom. The summed E-state index contributed by atoms with van der Waals surface area (Å²) < 4.78 is 1.08. The number of nitrogens with zero attached hydrogens (tertiary/aromatic N) is 2. The number of amides is 1. The van der Waals surface area contributed by atoms with Gasteiger partial charge in [0.2, 0.25) is 0 Å². The third kappa shape index (κ3) is 3.28. The topological polar surface area (TPSA) is 23.6 Å². The minimum Gasteiger partial charge on any atom is -0.334 e. The molecule has 0 radical (unpaired) electrons. The zero-order valence-electron chi connectivity index (χ0n) is 11.8. The third-order valence-corrected chi connectivity index (χ3v) is 5.07. The molecular formula is C15H21IN2O. The smallest absolute Gasteiger partial charge is 0.255 e. The summed E-state index contributed by atoms with van der Waals surface area (Å²) in [6, 6.07) is 6.34. The van der Waals surface area contributed by atoms with Crippen molar-refractivity contribution in [2.24, 2.45) is 0 Å². The molecule has 19 heavy (non-hydrogen) atoms. The van der Waals surface area contributed by atoms with Crippen molar-refractivity contribution in [3.63, 3.8) is 0 Å². The van der Waals surface area contributed by atoms with Crippen LogP contribution in [-0.4, -0.2) is 48.9 Å². The molecule has 1 amide bonds. The molecule has 104 valence electrons. The molecule has 0 aliphatic carbocycles. The van der Waals surface area contributed by atoms with Crippen molar-refractivity contribution in [1.82, 2.24) is 9.80 Å². The standard InChI is InChI=1S/C15H21IN2O/c1-11-6-4-8-13(14(11)16)15(19)18-9-5-7-12(18)10-17(2)3/h4,6,8,12H,5,7,9-10H2,1-3H3. The zero-order valence-corrected chi connectivity index (χ0v) is 14.0. The van der Waals surface area contributed by atoms with Crippen LogP contribution in [0.2, 0.25) is 0 Å². The number of hydrogen-bond donors (Lipinski definition) is 0. The van der Waals surface area contributed by atoms with Gasteiger partial charge in [0.05, 0.1) is 5.56 Å². The van der Waals surface area contributed by atoms with Crippen LogP contribution in [0.4, 0.5) is 0 Å². The summed E-state index contributed by atoms with van der Waals surface area (Å²) in [5, 5.41) is 0. The number of aryl methyl sites for hydroxylation is 1. The van der Waals surface area contributed by atoms with Gasteiger partial charge in [-0.05, 0) is 68.1 Å². The van der Waals surface area contributed by atoms with Crippen LogP contribution in [0.15, 0.2) is 18.2 Å². The lowest BCUT2D eigenvalue weighted by atomic mass is 10.1. The summed E-state index contributed by atoms with van der Waals surface area (Å²) in [5.74, 6) is 0.192. The highest BCUT2D eigenvalue weighted by atomic mass is 127. The largest absolute Gasteiger partial charge is 0.334 e. The van der Waals surface area contributed by atoms with Crippen LogP contribution in [0, 0.1) is 10.5 Å². The molecule has 0 spiro atoms. The first kappa shape index (κ1) is 14.8. The number of carbonyl (C=O) groups excluding carboxylic acids is 1. The van der Waals surface area contributed by atoms with Crippen molar-refractivity contribution in [3.8, 4) is 0 Å². The van der Waals surface area contributed by atoms with E-state index >= 15 is 0 Å². The summed E-state index contributed by atoms with van der Waals surface area (Å²) in [5.41, 5.74) is 2.03. The second-order valence-electron chi connectivity index (χ2n) is 5.49. The first-order valence-corrected chi connectivity index (χ1v) is 7.79. The van der Waals surface area contributed by atoms with Crippen molar-refractivity contribution in [3.05, 3.63) is 32.9 Å². The molecule has 1 aliphatic heterocycles. The van der Waals surface area contributed by atoms with Gasteiger partial charge in [-0.15, -0.1) is 0 Å². The molecule has 1 heterocycles. The quantitative estimate of drug-likeness (QED) is 0.762. The van der Waals surface area contributed by atoms with E-state index in [9.17, 15) is 4.79 Å². The van der Waals surface area contributed by atoms with Gasteiger partial charge in [0.25, 0.3) is 5.91 Å². The molecule has 1 atom stereocenters. The Labute approximate surface area is 129 Å². The maximum Gasteiger partial charge on any atom is 0.255 e. The maximum absolute atomic E-state index is 12.7. The predicted octanol–water partition coefficient (Wildman–Crippen LogP) is 2.77. The molecule has 4 heteroatoms. The van der Waals surface area contributed by atoms with Crippen LogP contribution < -0.4 is 0 Å². The van der Waals surface area contributed by atoms with Crippen molar-refractivity contribution in [2.45, 2.75) is 25.8 Å². The molecule has 1 saturated heterocycles.